The molecule has 1 rings (SSSR count). The third-order valence-corrected chi connectivity index (χ3v) is 1.44. The van der Waals surface area contributed by atoms with Crippen LogP contribution in [0.3, 0.4) is 0 Å². The van der Waals surface area contributed by atoms with Crippen molar-refractivity contribution in [2.24, 2.45) is 4.99 Å². The highest BCUT2D eigenvalue weighted by Crippen LogP contribution is 2.07. The molecule has 0 saturated heterocycles. The Kier molecular flexibility index (Phi) is 2.94. The van der Waals surface area contributed by atoms with Crippen LogP contribution in [-0.2, 0) is 6.61 Å². The Morgan fingerprint density at radius 3 is 2.83 bits per heavy atom. The Balaban J connectivity index is 3.06. The minimum atomic E-state index is -0.351. The molecule has 0 amide bonds. The summed E-state index contributed by atoms with van der Waals surface area (Å²) in [5, 5.41) is 8.74. The van der Waals surface area contributed by atoms with E-state index in [2.05, 4.69) is 4.99 Å². The zero-order valence-corrected chi connectivity index (χ0v) is 6.79. The molecule has 0 heterocycles. The lowest BCUT2D eigenvalue weighted by molar-refractivity contribution is 0.281. The van der Waals surface area contributed by atoms with Crippen LogP contribution in [0.1, 0.15) is 11.1 Å². The molecule has 0 aromatic heterocycles. The second kappa shape index (κ2) is 3.97. The average molecular weight is 167 g/mol. The standard InChI is InChI=1S/C9H10FNO/c1-11-5-7-2-8(6-12)4-9(10)3-7/h2-5,12H,6H2,1H3. The second-order valence-corrected chi connectivity index (χ2v) is 2.44. The van der Waals surface area contributed by atoms with Crippen molar-refractivity contribution in [2.75, 3.05) is 7.05 Å². The Morgan fingerprint density at radius 2 is 2.25 bits per heavy atom. The van der Waals surface area contributed by atoms with Crippen LogP contribution < -0.4 is 0 Å². The normalized spacial score (nSPS) is 10.9. The topological polar surface area (TPSA) is 32.6 Å². The van der Waals surface area contributed by atoms with Gasteiger partial charge in [0.2, 0.25) is 0 Å². The lowest BCUT2D eigenvalue weighted by Gasteiger charge is -1.98. The number of aliphatic imine (C=N–C) groups is 1. The van der Waals surface area contributed by atoms with Crippen LogP contribution in [0.25, 0.3) is 0 Å². The number of aliphatic hydroxyl groups is 1. The maximum atomic E-state index is 12.8. The van der Waals surface area contributed by atoms with Crippen molar-refractivity contribution in [2.45, 2.75) is 6.61 Å². The van der Waals surface area contributed by atoms with Gasteiger partial charge in [-0.15, -0.1) is 0 Å². The number of hydrogen-bond donors (Lipinski definition) is 1. The molecule has 64 valence electrons. The Labute approximate surface area is 70.4 Å². The first-order chi connectivity index (χ1) is 5.76. The summed E-state index contributed by atoms with van der Waals surface area (Å²) < 4.78 is 12.8. The van der Waals surface area contributed by atoms with Gasteiger partial charge < -0.3 is 5.11 Å². The van der Waals surface area contributed by atoms with Crippen molar-refractivity contribution in [3.8, 4) is 0 Å². The summed E-state index contributed by atoms with van der Waals surface area (Å²) >= 11 is 0. The summed E-state index contributed by atoms with van der Waals surface area (Å²) in [6.45, 7) is -0.150. The van der Waals surface area contributed by atoms with Crippen molar-refractivity contribution in [3.05, 3.63) is 35.1 Å². The highest BCUT2D eigenvalue weighted by molar-refractivity contribution is 5.79. The van der Waals surface area contributed by atoms with Crippen LogP contribution in [0.4, 0.5) is 4.39 Å². The fourth-order valence-corrected chi connectivity index (χ4v) is 0.990. The Hall–Kier alpha value is -1.22. The number of nitrogens with zero attached hydrogens (tertiary/aromatic N) is 1. The first kappa shape index (κ1) is 8.87. The van der Waals surface area contributed by atoms with Crippen LogP contribution in [0, 0.1) is 5.82 Å². The minimum absolute atomic E-state index is 0.150. The van der Waals surface area contributed by atoms with Crippen molar-refractivity contribution >= 4 is 6.21 Å². The summed E-state index contributed by atoms with van der Waals surface area (Å²) in [7, 11) is 1.61. The molecule has 1 N–H and O–H groups in total. The fraction of sp³-hybridized carbons (Fsp3) is 0.222. The summed E-state index contributed by atoms with van der Waals surface area (Å²) in [6.07, 6.45) is 1.54. The second-order valence-electron chi connectivity index (χ2n) is 2.44. The summed E-state index contributed by atoms with van der Waals surface area (Å²) in [5.41, 5.74) is 1.23. The van der Waals surface area contributed by atoms with Gasteiger partial charge in [0, 0.05) is 13.3 Å². The number of rotatable bonds is 2. The van der Waals surface area contributed by atoms with Crippen LogP contribution in [0.2, 0.25) is 0 Å². The zero-order valence-electron chi connectivity index (χ0n) is 6.79. The van der Waals surface area contributed by atoms with E-state index < -0.39 is 0 Å². The molecule has 0 unspecified atom stereocenters. The van der Waals surface area contributed by atoms with Gasteiger partial charge in [-0.2, -0.15) is 0 Å². The van der Waals surface area contributed by atoms with E-state index in [1.165, 1.54) is 12.1 Å². The number of halogens is 1. The highest BCUT2D eigenvalue weighted by atomic mass is 19.1. The Bertz CT molecular complexity index is 297. The molecule has 2 nitrogen and oxygen atoms in total. The minimum Gasteiger partial charge on any atom is -0.392 e. The van der Waals surface area contributed by atoms with Crippen LogP contribution in [0.5, 0.6) is 0 Å². The molecule has 3 heteroatoms. The summed E-state index contributed by atoms with van der Waals surface area (Å²) in [4.78, 5) is 3.75. The third kappa shape index (κ3) is 2.13. The van der Waals surface area contributed by atoms with Crippen molar-refractivity contribution in [1.29, 1.82) is 0 Å². The average Bonchev–Trinajstić information content (AvgIpc) is 2.04. The molecule has 0 radical (unpaired) electrons. The summed E-state index contributed by atoms with van der Waals surface area (Å²) in [5.74, 6) is -0.351. The Morgan fingerprint density at radius 1 is 1.50 bits per heavy atom. The molecule has 0 bridgehead atoms. The predicted molar refractivity (Wildman–Crippen MR) is 45.8 cm³/mol. The molecule has 0 fully saturated rings. The lowest BCUT2D eigenvalue weighted by Crippen LogP contribution is -1.89. The number of benzene rings is 1. The molecule has 1 aromatic carbocycles. The third-order valence-electron chi connectivity index (χ3n) is 1.44. The van der Waals surface area contributed by atoms with Crippen molar-refractivity contribution in [3.63, 3.8) is 0 Å². The van der Waals surface area contributed by atoms with E-state index >= 15 is 0 Å². The number of aliphatic hydroxyl groups excluding tert-OH is 1. The molecule has 12 heavy (non-hydrogen) atoms. The molecule has 0 saturated carbocycles. The van der Waals surface area contributed by atoms with Gasteiger partial charge >= 0.3 is 0 Å². The first-order valence-corrected chi connectivity index (χ1v) is 3.58. The van der Waals surface area contributed by atoms with Gasteiger partial charge in [-0.3, -0.25) is 4.99 Å². The fourth-order valence-electron chi connectivity index (χ4n) is 0.990. The van der Waals surface area contributed by atoms with Gasteiger partial charge in [-0.25, -0.2) is 4.39 Å². The SMILES string of the molecule is CN=Cc1cc(F)cc(CO)c1. The van der Waals surface area contributed by atoms with E-state index in [0.29, 0.717) is 11.1 Å². The van der Waals surface area contributed by atoms with Crippen LogP contribution in [0.15, 0.2) is 23.2 Å². The quantitative estimate of drug-likeness (QED) is 0.663. The first-order valence-electron chi connectivity index (χ1n) is 3.58. The van der Waals surface area contributed by atoms with E-state index in [-0.39, 0.29) is 12.4 Å². The highest BCUT2D eigenvalue weighted by Gasteiger charge is 1.97. The molecular weight excluding hydrogens is 157 g/mol. The van der Waals surface area contributed by atoms with Crippen molar-refractivity contribution in [1.82, 2.24) is 0 Å². The van der Waals surface area contributed by atoms with Gasteiger partial charge in [0.05, 0.1) is 6.61 Å². The van der Waals surface area contributed by atoms with E-state index in [4.69, 9.17) is 5.11 Å². The number of hydrogen-bond acceptors (Lipinski definition) is 2. The van der Waals surface area contributed by atoms with E-state index in [9.17, 15) is 4.39 Å². The largest absolute Gasteiger partial charge is 0.392 e. The van der Waals surface area contributed by atoms with Crippen LogP contribution >= 0.6 is 0 Å². The molecule has 1 aromatic rings. The lowest BCUT2D eigenvalue weighted by atomic mass is 10.1. The molecular formula is C9H10FNO. The molecule has 0 aliphatic carbocycles. The van der Waals surface area contributed by atoms with E-state index in [0.717, 1.165) is 0 Å². The van der Waals surface area contributed by atoms with E-state index in [1.54, 1.807) is 19.3 Å². The molecule has 0 spiro atoms. The van der Waals surface area contributed by atoms with Gasteiger partial charge in [-0.05, 0) is 29.3 Å². The van der Waals surface area contributed by atoms with Gasteiger partial charge in [0.25, 0.3) is 0 Å². The van der Waals surface area contributed by atoms with Crippen LogP contribution in [-0.4, -0.2) is 18.4 Å². The zero-order chi connectivity index (χ0) is 8.97. The molecule has 0 aliphatic rings. The maximum Gasteiger partial charge on any atom is 0.124 e. The van der Waals surface area contributed by atoms with E-state index in [1.807, 2.05) is 0 Å². The van der Waals surface area contributed by atoms with Crippen molar-refractivity contribution < 1.29 is 9.50 Å². The monoisotopic (exact) mass is 167 g/mol. The smallest absolute Gasteiger partial charge is 0.124 e. The predicted octanol–water partition coefficient (Wildman–Crippen LogP) is 1.37. The van der Waals surface area contributed by atoms with Gasteiger partial charge in [-0.1, -0.05) is 0 Å². The maximum absolute atomic E-state index is 12.8. The molecule has 0 atom stereocenters. The molecule has 0 aliphatic heterocycles. The summed E-state index contributed by atoms with van der Waals surface area (Å²) in [6, 6.07) is 4.36. The van der Waals surface area contributed by atoms with Gasteiger partial charge in [0.15, 0.2) is 0 Å². The van der Waals surface area contributed by atoms with Gasteiger partial charge in [0.1, 0.15) is 5.82 Å².